The number of nitrogens with zero attached hydrogens (tertiary/aromatic N) is 3. The monoisotopic (exact) mass is 403 g/mol. The van der Waals surface area contributed by atoms with E-state index in [1.165, 1.54) is 0 Å². The minimum atomic E-state index is -0.482. The van der Waals surface area contributed by atoms with Crippen molar-refractivity contribution in [2.24, 2.45) is 0 Å². The highest BCUT2D eigenvalue weighted by Crippen LogP contribution is 2.18. The van der Waals surface area contributed by atoms with Crippen molar-refractivity contribution in [3.05, 3.63) is 42.2 Å². The van der Waals surface area contributed by atoms with E-state index in [0.717, 1.165) is 37.4 Å². The number of rotatable bonds is 7. The van der Waals surface area contributed by atoms with Gasteiger partial charge in [-0.2, -0.15) is 0 Å². The number of β-amino-alcohol motifs (C(OH)–C–C–N with tert-alkyl or cyclic N) is 1. The van der Waals surface area contributed by atoms with Crippen LogP contribution in [0.25, 0.3) is 11.3 Å². The Morgan fingerprint density at radius 2 is 1.85 bits per heavy atom. The number of halogens is 2. The minimum Gasteiger partial charge on any atom is -0.389 e. The van der Waals surface area contributed by atoms with Crippen LogP contribution in [0.15, 0.2) is 40.9 Å². The highest BCUT2D eigenvalue weighted by atomic mass is 35.5. The largest absolute Gasteiger partial charge is 0.389 e. The lowest BCUT2D eigenvalue weighted by molar-refractivity contribution is -0.00229. The second-order valence-corrected chi connectivity index (χ2v) is 6.32. The molecule has 1 aromatic heterocycles. The van der Waals surface area contributed by atoms with Crippen LogP contribution in [-0.4, -0.2) is 72.5 Å². The van der Waals surface area contributed by atoms with Crippen LogP contribution in [0.4, 0.5) is 0 Å². The summed E-state index contributed by atoms with van der Waals surface area (Å²) in [6, 6.07) is 11.8. The second kappa shape index (κ2) is 11.5. The molecular weight excluding hydrogens is 377 g/mol. The summed E-state index contributed by atoms with van der Waals surface area (Å²) in [5, 5.41) is 14.2. The molecule has 2 aromatic rings. The fraction of sp³-hybridized carbons (Fsp3) is 0.500. The Balaban J connectivity index is 0.00000169. The molecule has 0 spiro atoms. The van der Waals surface area contributed by atoms with Crippen molar-refractivity contribution < 1.29 is 14.4 Å². The summed E-state index contributed by atoms with van der Waals surface area (Å²) in [4.78, 5) is 4.57. The zero-order valence-corrected chi connectivity index (χ0v) is 16.5. The number of hydrogen-bond donors (Lipinski definition) is 1. The first kappa shape index (κ1) is 22.9. The number of aliphatic hydroxyl groups excluding tert-OH is 1. The highest BCUT2D eigenvalue weighted by Gasteiger charge is 2.17. The molecule has 0 bridgehead atoms. The Morgan fingerprint density at radius 1 is 1.15 bits per heavy atom. The lowest BCUT2D eigenvalue weighted by Crippen LogP contribution is -2.47. The van der Waals surface area contributed by atoms with Crippen LogP contribution in [-0.2, 0) is 11.3 Å². The third kappa shape index (κ3) is 6.87. The maximum atomic E-state index is 10.1. The normalized spacial score (nSPS) is 16.5. The van der Waals surface area contributed by atoms with Gasteiger partial charge in [0, 0.05) is 44.4 Å². The number of piperazine rings is 1. The summed E-state index contributed by atoms with van der Waals surface area (Å²) in [7, 11) is 2.12. The molecule has 1 aliphatic rings. The SMILES string of the molecule is CN1CCN(CC(O)COCc2cc(-c3ccccc3)no2)CC1.Cl.Cl. The van der Waals surface area contributed by atoms with Crippen LogP contribution >= 0.6 is 24.8 Å². The Hall–Kier alpha value is -1.15. The van der Waals surface area contributed by atoms with Crippen molar-refractivity contribution >= 4 is 24.8 Å². The van der Waals surface area contributed by atoms with Gasteiger partial charge in [-0.05, 0) is 7.05 Å². The van der Waals surface area contributed by atoms with E-state index >= 15 is 0 Å². The van der Waals surface area contributed by atoms with Crippen LogP contribution < -0.4 is 0 Å². The first-order chi connectivity index (χ1) is 11.7. The third-order valence-corrected chi connectivity index (χ3v) is 4.25. The molecule has 1 fully saturated rings. The summed E-state index contributed by atoms with van der Waals surface area (Å²) in [6.07, 6.45) is -0.482. The average Bonchev–Trinajstić information content (AvgIpc) is 3.07. The van der Waals surface area contributed by atoms with Crippen LogP contribution in [0.3, 0.4) is 0 Å². The Labute approximate surface area is 166 Å². The number of aromatic nitrogens is 1. The molecular formula is C18H27Cl2N3O3. The molecule has 0 amide bonds. The molecule has 1 aliphatic heterocycles. The molecule has 26 heavy (non-hydrogen) atoms. The summed E-state index contributed by atoms with van der Waals surface area (Å²) in [5.41, 5.74) is 1.81. The quantitative estimate of drug-likeness (QED) is 0.764. The van der Waals surface area contributed by atoms with Crippen molar-refractivity contribution in [1.82, 2.24) is 15.0 Å². The molecule has 1 N–H and O–H groups in total. The summed E-state index contributed by atoms with van der Waals surface area (Å²) >= 11 is 0. The van der Waals surface area contributed by atoms with Crippen molar-refractivity contribution in [2.75, 3.05) is 46.4 Å². The van der Waals surface area contributed by atoms with Crippen LogP contribution in [0, 0.1) is 0 Å². The van der Waals surface area contributed by atoms with Gasteiger partial charge in [-0.25, -0.2) is 0 Å². The summed E-state index contributed by atoms with van der Waals surface area (Å²) < 4.78 is 10.9. The molecule has 6 nitrogen and oxygen atoms in total. The average molecular weight is 404 g/mol. The van der Waals surface area contributed by atoms with Gasteiger partial charge in [-0.15, -0.1) is 24.8 Å². The van der Waals surface area contributed by atoms with Gasteiger partial charge in [-0.3, -0.25) is 4.90 Å². The van der Waals surface area contributed by atoms with Gasteiger partial charge < -0.3 is 19.3 Å². The molecule has 1 aromatic carbocycles. The molecule has 1 unspecified atom stereocenters. The van der Waals surface area contributed by atoms with E-state index in [4.69, 9.17) is 9.26 Å². The van der Waals surface area contributed by atoms with E-state index in [0.29, 0.717) is 25.5 Å². The molecule has 2 heterocycles. The van der Waals surface area contributed by atoms with E-state index in [1.807, 2.05) is 36.4 Å². The number of benzene rings is 1. The molecule has 8 heteroatoms. The van der Waals surface area contributed by atoms with E-state index in [2.05, 4.69) is 22.0 Å². The van der Waals surface area contributed by atoms with Crippen molar-refractivity contribution in [2.45, 2.75) is 12.7 Å². The second-order valence-electron chi connectivity index (χ2n) is 6.32. The first-order valence-electron chi connectivity index (χ1n) is 8.38. The lowest BCUT2D eigenvalue weighted by Gasteiger charge is -2.33. The third-order valence-electron chi connectivity index (χ3n) is 4.25. The van der Waals surface area contributed by atoms with Crippen molar-refractivity contribution in [1.29, 1.82) is 0 Å². The summed E-state index contributed by atoms with van der Waals surface area (Å²) in [5.74, 6) is 0.667. The van der Waals surface area contributed by atoms with E-state index < -0.39 is 6.10 Å². The summed E-state index contributed by atoms with van der Waals surface area (Å²) in [6.45, 7) is 5.36. The Morgan fingerprint density at radius 3 is 2.54 bits per heavy atom. The number of ether oxygens (including phenoxy) is 1. The van der Waals surface area contributed by atoms with Gasteiger partial charge in [0.25, 0.3) is 0 Å². The smallest absolute Gasteiger partial charge is 0.163 e. The number of hydrogen-bond acceptors (Lipinski definition) is 6. The van der Waals surface area contributed by atoms with Gasteiger partial charge in [-0.1, -0.05) is 35.5 Å². The van der Waals surface area contributed by atoms with Crippen LogP contribution in [0.1, 0.15) is 5.76 Å². The molecule has 146 valence electrons. The predicted octanol–water partition coefficient (Wildman–Crippen LogP) is 2.31. The highest BCUT2D eigenvalue weighted by molar-refractivity contribution is 5.85. The number of aliphatic hydroxyl groups is 1. The standard InChI is InChI=1S/C18H25N3O3.2ClH/c1-20-7-9-21(10-8-20)12-16(22)13-23-14-17-11-18(19-24-17)15-5-3-2-4-6-15;;/h2-6,11,16,22H,7-10,12-14H2,1H3;2*1H. The molecule has 1 saturated heterocycles. The maximum Gasteiger partial charge on any atom is 0.163 e. The zero-order valence-electron chi connectivity index (χ0n) is 14.9. The van der Waals surface area contributed by atoms with Gasteiger partial charge in [0.05, 0.1) is 12.7 Å². The minimum absolute atomic E-state index is 0. The molecule has 1 atom stereocenters. The topological polar surface area (TPSA) is 62.0 Å². The zero-order chi connectivity index (χ0) is 16.8. The molecule has 0 aliphatic carbocycles. The maximum absolute atomic E-state index is 10.1. The van der Waals surface area contributed by atoms with Crippen LogP contribution in [0.2, 0.25) is 0 Å². The first-order valence-corrected chi connectivity index (χ1v) is 8.38. The van der Waals surface area contributed by atoms with Gasteiger partial charge in [0.15, 0.2) is 5.76 Å². The van der Waals surface area contributed by atoms with Crippen LogP contribution in [0.5, 0.6) is 0 Å². The fourth-order valence-electron chi connectivity index (χ4n) is 2.80. The van der Waals surface area contributed by atoms with Gasteiger partial charge >= 0.3 is 0 Å². The van der Waals surface area contributed by atoms with E-state index in [-0.39, 0.29) is 24.8 Å². The fourth-order valence-corrected chi connectivity index (χ4v) is 2.80. The molecule has 0 radical (unpaired) electrons. The number of likely N-dealkylation sites (N-methyl/N-ethyl adjacent to an activating group) is 1. The van der Waals surface area contributed by atoms with Gasteiger partial charge in [0.1, 0.15) is 12.3 Å². The Kier molecular flexibility index (Phi) is 10.2. The van der Waals surface area contributed by atoms with E-state index in [9.17, 15) is 5.11 Å². The molecule has 0 saturated carbocycles. The predicted molar refractivity (Wildman–Crippen MR) is 106 cm³/mol. The molecule has 3 rings (SSSR count). The van der Waals surface area contributed by atoms with Gasteiger partial charge in [0.2, 0.25) is 0 Å². The Bertz CT molecular complexity index is 619. The van der Waals surface area contributed by atoms with Crippen molar-refractivity contribution in [3.8, 4) is 11.3 Å². The lowest BCUT2D eigenvalue weighted by atomic mass is 10.1. The van der Waals surface area contributed by atoms with Crippen molar-refractivity contribution in [3.63, 3.8) is 0 Å². The van der Waals surface area contributed by atoms with E-state index in [1.54, 1.807) is 0 Å².